The molecular weight excluding hydrogens is 398 g/mol. The van der Waals surface area contributed by atoms with Crippen LogP contribution in [-0.4, -0.2) is 49.1 Å². The second-order valence-corrected chi connectivity index (χ2v) is 9.34. The van der Waals surface area contributed by atoms with Crippen LogP contribution in [0.1, 0.15) is 11.1 Å². The van der Waals surface area contributed by atoms with Gasteiger partial charge in [-0.25, -0.2) is 8.42 Å². The fraction of sp³-hybridized carbons (Fsp3) is 0.273. The average molecular weight is 424 g/mol. The number of benzene rings is 2. The predicted octanol–water partition coefficient (Wildman–Crippen LogP) is 3.35. The summed E-state index contributed by atoms with van der Waals surface area (Å²) >= 11 is 0. The minimum absolute atomic E-state index is 0.357. The largest absolute Gasteiger partial charge is 0.352 e. The van der Waals surface area contributed by atoms with Crippen LogP contribution in [0.25, 0.3) is 0 Å². The monoisotopic (exact) mass is 423 g/mol. The van der Waals surface area contributed by atoms with Crippen molar-refractivity contribution in [2.45, 2.75) is 18.7 Å². The Labute approximate surface area is 177 Å². The van der Waals surface area contributed by atoms with Crippen LogP contribution in [0.3, 0.4) is 0 Å². The highest BCUT2D eigenvalue weighted by molar-refractivity contribution is 7.89. The SMILES string of the molecule is Cc1ccc(S(=O)(=O)N2CCN(c3ccc(Nc4ccccc4)nn3)CC2)cc1C. The van der Waals surface area contributed by atoms with E-state index in [2.05, 4.69) is 20.4 Å². The van der Waals surface area contributed by atoms with Crippen molar-refractivity contribution in [1.29, 1.82) is 0 Å². The Morgan fingerprint density at radius 3 is 2.20 bits per heavy atom. The van der Waals surface area contributed by atoms with Gasteiger partial charge in [-0.05, 0) is 61.4 Å². The summed E-state index contributed by atoms with van der Waals surface area (Å²) in [5.41, 5.74) is 3.02. The van der Waals surface area contributed by atoms with E-state index < -0.39 is 10.0 Å². The molecule has 8 heteroatoms. The lowest BCUT2D eigenvalue weighted by Gasteiger charge is -2.34. The van der Waals surface area contributed by atoms with E-state index in [9.17, 15) is 8.42 Å². The number of aryl methyl sites for hydroxylation is 2. The second kappa shape index (κ2) is 8.41. The maximum Gasteiger partial charge on any atom is 0.243 e. The third kappa shape index (κ3) is 4.29. The van der Waals surface area contributed by atoms with Crippen molar-refractivity contribution in [2.24, 2.45) is 0 Å². The molecule has 7 nitrogen and oxygen atoms in total. The highest BCUT2D eigenvalue weighted by Crippen LogP contribution is 2.22. The number of nitrogens with zero attached hydrogens (tertiary/aromatic N) is 4. The van der Waals surface area contributed by atoms with Crippen LogP contribution in [0.5, 0.6) is 0 Å². The van der Waals surface area contributed by atoms with Crippen LogP contribution in [-0.2, 0) is 10.0 Å². The maximum absolute atomic E-state index is 13.0. The number of piperazine rings is 1. The first-order valence-electron chi connectivity index (χ1n) is 9.92. The molecule has 1 aromatic heterocycles. The van der Waals surface area contributed by atoms with Gasteiger partial charge in [0.05, 0.1) is 4.90 Å². The zero-order valence-corrected chi connectivity index (χ0v) is 17.9. The van der Waals surface area contributed by atoms with Crippen molar-refractivity contribution in [3.63, 3.8) is 0 Å². The summed E-state index contributed by atoms with van der Waals surface area (Å²) in [5.74, 6) is 1.41. The first kappa shape index (κ1) is 20.3. The van der Waals surface area contributed by atoms with Gasteiger partial charge in [-0.15, -0.1) is 10.2 Å². The van der Waals surface area contributed by atoms with Crippen LogP contribution in [0.15, 0.2) is 65.6 Å². The van der Waals surface area contributed by atoms with E-state index in [4.69, 9.17) is 0 Å². The summed E-state index contributed by atoms with van der Waals surface area (Å²) < 4.78 is 27.5. The average Bonchev–Trinajstić information content (AvgIpc) is 2.77. The van der Waals surface area contributed by atoms with Crippen molar-refractivity contribution in [1.82, 2.24) is 14.5 Å². The number of hydrogen-bond donors (Lipinski definition) is 1. The van der Waals surface area contributed by atoms with Gasteiger partial charge in [-0.1, -0.05) is 24.3 Å². The molecule has 0 saturated carbocycles. The van der Waals surface area contributed by atoms with E-state index in [0.29, 0.717) is 36.9 Å². The number of hydrogen-bond acceptors (Lipinski definition) is 6. The van der Waals surface area contributed by atoms with Crippen molar-refractivity contribution >= 4 is 27.3 Å². The quantitative estimate of drug-likeness (QED) is 0.678. The predicted molar refractivity (Wildman–Crippen MR) is 119 cm³/mol. The van der Waals surface area contributed by atoms with Gasteiger partial charge < -0.3 is 10.2 Å². The van der Waals surface area contributed by atoms with Crippen LogP contribution in [0.4, 0.5) is 17.3 Å². The van der Waals surface area contributed by atoms with E-state index in [1.165, 1.54) is 0 Å². The Balaban J connectivity index is 1.40. The van der Waals surface area contributed by atoms with Crippen LogP contribution in [0, 0.1) is 13.8 Å². The molecule has 2 aromatic carbocycles. The van der Waals surface area contributed by atoms with Crippen LogP contribution >= 0.6 is 0 Å². The normalized spacial score (nSPS) is 15.2. The Morgan fingerprint density at radius 2 is 1.57 bits per heavy atom. The number of sulfonamides is 1. The number of rotatable bonds is 5. The molecule has 0 radical (unpaired) electrons. The zero-order chi connectivity index (χ0) is 21.1. The summed E-state index contributed by atoms with van der Waals surface area (Å²) in [4.78, 5) is 2.42. The van der Waals surface area contributed by atoms with Gasteiger partial charge >= 0.3 is 0 Å². The van der Waals surface area contributed by atoms with Crippen molar-refractivity contribution < 1.29 is 8.42 Å². The molecule has 0 spiro atoms. The number of aromatic nitrogens is 2. The molecule has 1 aliphatic rings. The molecular formula is C22H25N5O2S. The summed E-state index contributed by atoms with van der Waals surface area (Å²) in [6.07, 6.45) is 0. The van der Waals surface area contributed by atoms with E-state index in [-0.39, 0.29) is 0 Å². The van der Waals surface area contributed by atoms with E-state index in [1.807, 2.05) is 62.4 Å². The highest BCUT2D eigenvalue weighted by Gasteiger charge is 2.29. The lowest BCUT2D eigenvalue weighted by atomic mass is 10.1. The fourth-order valence-corrected chi connectivity index (χ4v) is 4.92. The molecule has 0 aliphatic carbocycles. The standard InChI is InChI=1S/C22H25N5O2S/c1-17-8-9-20(16-18(17)2)30(28,29)27-14-12-26(13-15-27)22-11-10-21(24-25-22)23-19-6-4-3-5-7-19/h3-11,16H,12-15H2,1-2H3,(H,23,24). The first-order valence-corrected chi connectivity index (χ1v) is 11.4. The molecule has 3 aromatic rings. The Morgan fingerprint density at radius 1 is 0.833 bits per heavy atom. The van der Waals surface area contributed by atoms with Crippen molar-refractivity contribution in [3.05, 3.63) is 71.8 Å². The molecule has 30 heavy (non-hydrogen) atoms. The molecule has 1 aliphatic heterocycles. The van der Waals surface area contributed by atoms with Gasteiger partial charge in [0.1, 0.15) is 0 Å². The van der Waals surface area contributed by atoms with Crippen molar-refractivity contribution in [2.75, 3.05) is 36.4 Å². The number of anilines is 3. The van der Waals surface area contributed by atoms with Gasteiger partial charge in [0.25, 0.3) is 0 Å². The molecule has 0 unspecified atom stereocenters. The van der Waals surface area contributed by atoms with E-state index in [1.54, 1.807) is 16.4 Å². The molecule has 1 fully saturated rings. The third-order valence-electron chi connectivity index (χ3n) is 5.38. The highest BCUT2D eigenvalue weighted by atomic mass is 32.2. The van der Waals surface area contributed by atoms with Gasteiger partial charge in [0.2, 0.25) is 10.0 Å². The number of nitrogens with one attached hydrogen (secondary N) is 1. The minimum atomic E-state index is -3.49. The fourth-order valence-electron chi connectivity index (χ4n) is 3.41. The topological polar surface area (TPSA) is 78.4 Å². The van der Waals surface area contributed by atoms with Crippen LogP contribution < -0.4 is 10.2 Å². The van der Waals surface area contributed by atoms with E-state index in [0.717, 1.165) is 22.6 Å². The lowest BCUT2D eigenvalue weighted by Crippen LogP contribution is -2.49. The third-order valence-corrected chi connectivity index (χ3v) is 7.27. The van der Waals surface area contributed by atoms with Gasteiger partial charge in [-0.2, -0.15) is 4.31 Å². The molecule has 1 saturated heterocycles. The molecule has 0 amide bonds. The summed E-state index contributed by atoms with van der Waals surface area (Å²) in [7, 11) is -3.49. The summed E-state index contributed by atoms with van der Waals surface area (Å²) in [6.45, 7) is 5.89. The van der Waals surface area contributed by atoms with E-state index >= 15 is 0 Å². The van der Waals surface area contributed by atoms with Gasteiger partial charge in [-0.3, -0.25) is 0 Å². The van der Waals surface area contributed by atoms with Gasteiger partial charge in [0.15, 0.2) is 11.6 Å². The minimum Gasteiger partial charge on any atom is -0.352 e. The summed E-state index contributed by atoms with van der Waals surface area (Å²) in [6, 6.07) is 18.9. The Hall–Kier alpha value is -2.97. The van der Waals surface area contributed by atoms with Crippen molar-refractivity contribution in [3.8, 4) is 0 Å². The molecule has 0 bridgehead atoms. The van der Waals surface area contributed by atoms with Gasteiger partial charge in [0, 0.05) is 31.9 Å². The maximum atomic E-state index is 13.0. The Bertz CT molecular complexity index is 1110. The first-order chi connectivity index (χ1) is 14.4. The molecule has 156 valence electrons. The zero-order valence-electron chi connectivity index (χ0n) is 17.1. The molecule has 4 rings (SSSR count). The number of para-hydroxylation sites is 1. The lowest BCUT2D eigenvalue weighted by molar-refractivity contribution is 0.383. The molecule has 0 atom stereocenters. The van der Waals surface area contributed by atoms with Crippen LogP contribution in [0.2, 0.25) is 0 Å². The smallest absolute Gasteiger partial charge is 0.243 e. The second-order valence-electron chi connectivity index (χ2n) is 7.40. The molecule has 1 N–H and O–H groups in total. The summed E-state index contributed by atoms with van der Waals surface area (Å²) in [5, 5.41) is 11.8. The molecule has 2 heterocycles. The Kier molecular flexibility index (Phi) is 5.69.